The third-order valence-electron chi connectivity index (χ3n) is 9.06. The number of hydrazone groups is 2. The molecule has 3 saturated carbocycles. The number of aliphatic hydroxyl groups excluding tert-OH is 1. The van der Waals surface area contributed by atoms with Crippen molar-refractivity contribution in [1.29, 1.82) is 0 Å². The van der Waals surface area contributed by atoms with Gasteiger partial charge in [-0.15, -0.1) is 0 Å². The smallest absolute Gasteiger partial charge is 0.332 e. The van der Waals surface area contributed by atoms with Crippen molar-refractivity contribution in [1.82, 2.24) is 10.9 Å². The van der Waals surface area contributed by atoms with Crippen molar-refractivity contribution in [3.05, 3.63) is 11.6 Å². The van der Waals surface area contributed by atoms with Crippen molar-refractivity contribution < 1.29 is 24.6 Å². The average molecular weight is 475 g/mol. The van der Waals surface area contributed by atoms with Crippen molar-refractivity contribution in [2.75, 3.05) is 6.61 Å². The van der Waals surface area contributed by atoms with E-state index in [1.807, 2.05) is 13.0 Å². The minimum absolute atomic E-state index is 0.0330. The molecule has 0 aromatic heterocycles. The Morgan fingerprint density at radius 1 is 1.15 bits per heavy atom. The van der Waals surface area contributed by atoms with Crippen LogP contribution in [0, 0.1) is 28.6 Å². The largest absolute Gasteiger partial charge is 0.390 e. The fraction of sp³-hybridized carbons (Fsp3) is 0.696. The average Bonchev–Trinajstić information content (AvgIpc) is 3.03. The standard InChI is InChI=1S/C23H34N6O5/c1-21-7-5-13(26-28-19(24)32)9-12(21)3-4-14-15-6-8-23(34,17(11-30)27-29-20(25)33)22(15,2)10-16(31)18(14)21/h9,14-15,18,30,34H,3-8,10-11H2,1-2H3,(H3,24,28,32)(H3,25,29,33)/b26-13+,27-17+/t14-,15-,18+,21-,22-,23-/m0/s1. The van der Waals surface area contributed by atoms with E-state index in [1.165, 1.54) is 5.57 Å². The van der Waals surface area contributed by atoms with Crippen LogP contribution in [0.5, 0.6) is 0 Å². The predicted octanol–water partition coefficient (Wildman–Crippen LogP) is 0.900. The van der Waals surface area contributed by atoms with Gasteiger partial charge in [-0.2, -0.15) is 10.2 Å². The highest BCUT2D eigenvalue weighted by Gasteiger charge is 2.67. The number of ketones is 1. The molecule has 4 amide bonds. The van der Waals surface area contributed by atoms with E-state index in [9.17, 15) is 24.6 Å². The van der Waals surface area contributed by atoms with Crippen LogP contribution < -0.4 is 22.3 Å². The van der Waals surface area contributed by atoms with E-state index in [0.29, 0.717) is 19.3 Å². The summed E-state index contributed by atoms with van der Waals surface area (Å²) in [5, 5.41) is 29.7. The zero-order chi connectivity index (χ0) is 24.9. The third-order valence-corrected chi connectivity index (χ3v) is 9.06. The molecule has 0 aromatic rings. The number of nitrogens with two attached hydrogens (primary N) is 2. The van der Waals surface area contributed by atoms with Gasteiger partial charge < -0.3 is 21.7 Å². The van der Waals surface area contributed by atoms with Crippen LogP contribution in [0.2, 0.25) is 0 Å². The lowest BCUT2D eigenvalue weighted by Crippen LogP contribution is -2.61. The lowest BCUT2D eigenvalue weighted by Gasteiger charge is -2.58. The second-order valence-corrected chi connectivity index (χ2v) is 10.6. The molecule has 34 heavy (non-hydrogen) atoms. The van der Waals surface area contributed by atoms with Crippen LogP contribution in [0.15, 0.2) is 21.9 Å². The summed E-state index contributed by atoms with van der Waals surface area (Å²) >= 11 is 0. The molecule has 4 rings (SSSR count). The number of aliphatic hydroxyl groups is 2. The lowest BCUT2D eigenvalue weighted by atomic mass is 9.46. The molecule has 8 N–H and O–H groups in total. The van der Waals surface area contributed by atoms with E-state index >= 15 is 0 Å². The number of carbonyl (C=O) groups is 3. The SMILES string of the molecule is C[C@]12CC/C(=N\NC(N)=O)C=C1CC[C@@H]1[C@@H]2C(=O)C[C@@]2(C)[C@H]1CC[C@]2(O)/C(CO)=N/NC(N)=O. The number of nitrogens with zero attached hydrogens (tertiary/aromatic N) is 2. The fourth-order valence-corrected chi connectivity index (χ4v) is 7.47. The molecule has 11 heteroatoms. The Bertz CT molecular complexity index is 1010. The molecule has 0 radical (unpaired) electrons. The quantitative estimate of drug-likeness (QED) is 0.260. The minimum Gasteiger partial charge on any atom is -0.390 e. The number of hydrogen-bond acceptors (Lipinski definition) is 7. The number of Topliss-reactive ketones (excluding diaryl/α,β-unsaturated/α-hetero) is 1. The molecular weight excluding hydrogens is 440 g/mol. The van der Waals surface area contributed by atoms with E-state index in [4.69, 9.17) is 11.5 Å². The van der Waals surface area contributed by atoms with Gasteiger partial charge in [0.15, 0.2) is 0 Å². The number of carbonyl (C=O) groups excluding carboxylic acids is 3. The highest BCUT2D eigenvalue weighted by Crippen LogP contribution is 2.66. The van der Waals surface area contributed by atoms with Gasteiger partial charge in [-0.3, -0.25) is 4.79 Å². The number of nitrogens with one attached hydrogen (secondary N) is 2. The van der Waals surface area contributed by atoms with Crippen LogP contribution in [0.4, 0.5) is 9.59 Å². The predicted molar refractivity (Wildman–Crippen MR) is 124 cm³/mol. The maximum Gasteiger partial charge on any atom is 0.332 e. The molecule has 0 unspecified atom stereocenters. The van der Waals surface area contributed by atoms with E-state index in [1.54, 1.807) is 0 Å². The summed E-state index contributed by atoms with van der Waals surface area (Å²) in [5.74, 6) is 0.0917. The van der Waals surface area contributed by atoms with E-state index < -0.39 is 29.7 Å². The molecule has 4 aliphatic rings. The van der Waals surface area contributed by atoms with Crippen LogP contribution in [-0.2, 0) is 4.79 Å². The van der Waals surface area contributed by atoms with Gasteiger partial charge in [-0.05, 0) is 61.9 Å². The van der Waals surface area contributed by atoms with E-state index in [-0.39, 0.29) is 41.1 Å². The molecule has 0 heterocycles. The summed E-state index contributed by atoms with van der Waals surface area (Å²) in [7, 11) is 0. The van der Waals surface area contributed by atoms with Gasteiger partial charge in [-0.1, -0.05) is 19.4 Å². The third kappa shape index (κ3) is 3.61. The number of allylic oxidation sites excluding steroid dienone is 2. The van der Waals surface area contributed by atoms with Crippen molar-refractivity contribution in [2.45, 2.75) is 64.4 Å². The monoisotopic (exact) mass is 474 g/mol. The van der Waals surface area contributed by atoms with Gasteiger partial charge in [0.1, 0.15) is 11.4 Å². The first-order valence-electron chi connectivity index (χ1n) is 11.8. The van der Waals surface area contributed by atoms with Crippen molar-refractivity contribution in [2.24, 2.45) is 50.3 Å². The van der Waals surface area contributed by atoms with Gasteiger partial charge in [0.2, 0.25) is 0 Å². The molecular formula is C23H34N6O5. The number of primary amides is 2. The molecule has 186 valence electrons. The molecule has 4 aliphatic carbocycles. The Kier molecular flexibility index (Phi) is 6.05. The topological polar surface area (TPSA) is 192 Å². The van der Waals surface area contributed by atoms with Crippen LogP contribution in [0.3, 0.4) is 0 Å². The van der Waals surface area contributed by atoms with Crippen molar-refractivity contribution in [3.63, 3.8) is 0 Å². The Balaban J connectivity index is 1.66. The number of rotatable bonds is 4. The van der Waals surface area contributed by atoms with E-state index in [2.05, 4.69) is 28.0 Å². The number of urea groups is 2. The van der Waals surface area contributed by atoms with E-state index in [0.717, 1.165) is 25.0 Å². The highest BCUT2D eigenvalue weighted by atomic mass is 16.3. The molecule has 0 aromatic carbocycles. The van der Waals surface area contributed by atoms with Gasteiger partial charge >= 0.3 is 12.1 Å². The normalized spacial score (nSPS) is 40.6. The summed E-state index contributed by atoms with van der Waals surface area (Å²) in [4.78, 5) is 35.9. The van der Waals surface area contributed by atoms with Crippen LogP contribution in [0.25, 0.3) is 0 Å². The van der Waals surface area contributed by atoms with Gasteiger partial charge in [0, 0.05) is 17.8 Å². The molecule has 6 atom stereocenters. The summed E-state index contributed by atoms with van der Waals surface area (Å²) < 4.78 is 0. The van der Waals surface area contributed by atoms with Crippen molar-refractivity contribution in [3.8, 4) is 0 Å². The molecule has 0 aliphatic heterocycles. The zero-order valence-electron chi connectivity index (χ0n) is 19.6. The summed E-state index contributed by atoms with van der Waals surface area (Å²) in [5.41, 5.74) is 14.0. The van der Waals surface area contributed by atoms with Crippen molar-refractivity contribution >= 4 is 29.3 Å². The molecule has 0 saturated heterocycles. The first-order chi connectivity index (χ1) is 16.0. The zero-order valence-corrected chi connectivity index (χ0v) is 19.6. The summed E-state index contributed by atoms with van der Waals surface area (Å²) in [6, 6.07) is -1.60. The first-order valence-corrected chi connectivity index (χ1v) is 11.8. The summed E-state index contributed by atoms with van der Waals surface area (Å²) in [6.45, 7) is 3.50. The molecule has 0 bridgehead atoms. The Labute approximate surface area is 198 Å². The van der Waals surface area contributed by atoms with Gasteiger partial charge in [0.25, 0.3) is 0 Å². The number of amides is 4. The Hall–Kier alpha value is -2.79. The van der Waals surface area contributed by atoms with Crippen LogP contribution in [0.1, 0.15) is 58.8 Å². The van der Waals surface area contributed by atoms with Gasteiger partial charge in [-0.25, -0.2) is 20.4 Å². The molecule has 11 nitrogen and oxygen atoms in total. The Morgan fingerprint density at radius 2 is 1.85 bits per heavy atom. The van der Waals surface area contributed by atoms with Gasteiger partial charge in [0.05, 0.1) is 18.0 Å². The fourth-order valence-electron chi connectivity index (χ4n) is 7.47. The van der Waals surface area contributed by atoms with Crippen LogP contribution in [-0.4, -0.2) is 51.7 Å². The Morgan fingerprint density at radius 3 is 2.50 bits per heavy atom. The minimum atomic E-state index is -1.51. The second-order valence-electron chi connectivity index (χ2n) is 10.6. The molecule has 0 spiro atoms. The number of fused-ring (bicyclic) bond motifs is 5. The highest BCUT2D eigenvalue weighted by molar-refractivity contribution is 5.99. The number of hydrogen-bond donors (Lipinski definition) is 6. The lowest BCUT2D eigenvalue weighted by molar-refractivity contribution is -0.151. The maximum absolute atomic E-state index is 13.8. The molecule has 3 fully saturated rings. The van der Waals surface area contributed by atoms with Crippen LogP contribution >= 0.6 is 0 Å². The second kappa shape index (κ2) is 8.46. The summed E-state index contributed by atoms with van der Waals surface area (Å²) in [6.07, 6.45) is 6.17. The maximum atomic E-state index is 13.8. The first kappa shape index (κ1) is 24.3.